The minimum absolute atomic E-state index is 0.0755. The van der Waals surface area contributed by atoms with E-state index in [-0.39, 0.29) is 18.3 Å². The largest absolute Gasteiger partial charge is 0.459 e. The number of esters is 1. The van der Waals surface area contributed by atoms with Gasteiger partial charge in [0.25, 0.3) is 0 Å². The maximum Gasteiger partial charge on any atom is 0.338 e. The van der Waals surface area contributed by atoms with Crippen LogP contribution in [0.15, 0.2) is 23.1 Å². The van der Waals surface area contributed by atoms with Crippen LogP contribution in [0.5, 0.6) is 0 Å². The predicted octanol–water partition coefficient (Wildman–Crippen LogP) is 0.809. The summed E-state index contributed by atoms with van der Waals surface area (Å²) >= 11 is 0. The molecule has 0 bridgehead atoms. The highest BCUT2D eigenvalue weighted by Gasteiger charge is 2.20. The zero-order valence-electron chi connectivity index (χ0n) is 10.5. The van der Waals surface area contributed by atoms with Crippen molar-refractivity contribution in [2.75, 3.05) is 13.2 Å². The van der Waals surface area contributed by atoms with Gasteiger partial charge in [0.05, 0.1) is 11.7 Å². The van der Waals surface area contributed by atoms with Crippen molar-refractivity contribution >= 4 is 16.0 Å². The Hall–Kier alpha value is -1.51. The summed E-state index contributed by atoms with van der Waals surface area (Å²) in [5, 5.41) is 4.86. The summed E-state index contributed by atoms with van der Waals surface area (Å²) in [6.45, 7) is 0.718. The fourth-order valence-electron chi connectivity index (χ4n) is 1.88. The summed E-state index contributed by atoms with van der Waals surface area (Å²) in [5.41, 5.74) is -0.0755. The van der Waals surface area contributed by atoms with Gasteiger partial charge in [-0.15, -0.1) is 0 Å². The summed E-state index contributed by atoms with van der Waals surface area (Å²) in [5.74, 6) is -1.76. The number of nitrogens with two attached hydrogens (primary N) is 1. The summed E-state index contributed by atoms with van der Waals surface area (Å²) in [4.78, 5) is 11.0. The van der Waals surface area contributed by atoms with E-state index >= 15 is 0 Å². The number of primary sulfonamides is 1. The van der Waals surface area contributed by atoms with Gasteiger partial charge in [-0.25, -0.2) is 22.7 Å². The number of carbonyl (C=O) groups excluding carboxylic acids is 1. The van der Waals surface area contributed by atoms with Crippen LogP contribution in [0.1, 0.15) is 23.2 Å². The Labute approximate surface area is 115 Å². The third-order valence-electron chi connectivity index (χ3n) is 2.90. The number of benzene rings is 1. The van der Waals surface area contributed by atoms with Gasteiger partial charge in [0.2, 0.25) is 10.0 Å². The predicted molar refractivity (Wildman–Crippen MR) is 67.0 cm³/mol. The zero-order chi connectivity index (χ0) is 14.8. The van der Waals surface area contributed by atoms with Crippen molar-refractivity contribution in [3.05, 3.63) is 29.6 Å². The molecule has 1 aromatic rings. The smallest absolute Gasteiger partial charge is 0.338 e. The lowest BCUT2D eigenvalue weighted by Gasteiger charge is -2.10. The van der Waals surface area contributed by atoms with Gasteiger partial charge < -0.3 is 9.47 Å². The highest BCUT2D eigenvalue weighted by Crippen LogP contribution is 2.17. The van der Waals surface area contributed by atoms with Crippen LogP contribution in [0.4, 0.5) is 4.39 Å². The molecule has 110 valence electrons. The Morgan fingerprint density at radius 2 is 2.25 bits per heavy atom. The summed E-state index contributed by atoms with van der Waals surface area (Å²) in [7, 11) is -4.23. The van der Waals surface area contributed by atoms with Crippen molar-refractivity contribution in [1.82, 2.24) is 0 Å². The van der Waals surface area contributed by atoms with Crippen molar-refractivity contribution in [3.8, 4) is 0 Å². The van der Waals surface area contributed by atoms with Crippen LogP contribution in [-0.2, 0) is 19.5 Å². The molecule has 2 N–H and O–H groups in total. The van der Waals surface area contributed by atoms with E-state index in [9.17, 15) is 17.6 Å². The van der Waals surface area contributed by atoms with Gasteiger partial charge in [-0.05, 0) is 31.0 Å². The van der Waals surface area contributed by atoms with Crippen molar-refractivity contribution < 1.29 is 27.1 Å². The van der Waals surface area contributed by atoms with Crippen LogP contribution < -0.4 is 5.14 Å². The second kappa shape index (κ2) is 5.86. The van der Waals surface area contributed by atoms with Gasteiger partial charge in [-0.1, -0.05) is 0 Å². The fraction of sp³-hybridized carbons (Fsp3) is 0.417. The molecule has 0 spiro atoms. The van der Waals surface area contributed by atoms with E-state index in [1.807, 2.05) is 0 Å². The van der Waals surface area contributed by atoms with Crippen molar-refractivity contribution in [2.24, 2.45) is 5.14 Å². The topological polar surface area (TPSA) is 95.7 Å². The van der Waals surface area contributed by atoms with Gasteiger partial charge in [0.1, 0.15) is 17.3 Å². The van der Waals surface area contributed by atoms with Gasteiger partial charge in [0, 0.05) is 6.61 Å². The van der Waals surface area contributed by atoms with Crippen LogP contribution in [0.2, 0.25) is 0 Å². The van der Waals surface area contributed by atoms with E-state index in [0.29, 0.717) is 6.61 Å². The molecule has 1 heterocycles. The van der Waals surface area contributed by atoms with Crippen LogP contribution in [-0.4, -0.2) is 33.7 Å². The molecule has 0 aliphatic carbocycles. The first-order valence-electron chi connectivity index (χ1n) is 5.99. The van der Waals surface area contributed by atoms with E-state index in [1.54, 1.807) is 0 Å². The summed E-state index contributed by atoms with van der Waals surface area (Å²) in [6.07, 6.45) is 1.57. The summed E-state index contributed by atoms with van der Waals surface area (Å²) in [6, 6.07) is 2.87. The summed E-state index contributed by atoms with van der Waals surface area (Å²) < 4.78 is 45.9. The number of halogens is 1. The molecule has 6 nitrogen and oxygen atoms in total. The molecule has 1 fully saturated rings. The first-order valence-corrected chi connectivity index (χ1v) is 7.53. The average molecular weight is 303 g/mol. The Balaban J connectivity index is 2.10. The molecule has 0 radical (unpaired) electrons. The van der Waals surface area contributed by atoms with E-state index in [4.69, 9.17) is 14.6 Å². The van der Waals surface area contributed by atoms with E-state index in [1.165, 1.54) is 0 Å². The van der Waals surface area contributed by atoms with Crippen molar-refractivity contribution in [1.29, 1.82) is 0 Å². The van der Waals surface area contributed by atoms with Gasteiger partial charge in [-0.3, -0.25) is 0 Å². The molecule has 1 saturated heterocycles. The molecule has 2 rings (SSSR count). The molecule has 0 amide bonds. The highest BCUT2D eigenvalue weighted by atomic mass is 32.2. The normalized spacial score (nSPS) is 19.0. The fourth-order valence-corrected chi connectivity index (χ4v) is 2.51. The minimum Gasteiger partial charge on any atom is -0.459 e. The minimum atomic E-state index is -4.23. The molecule has 8 heteroatoms. The number of sulfonamides is 1. The molecule has 1 aromatic carbocycles. The number of carbonyl (C=O) groups is 1. The van der Waals surface area contributed by atoms with Gasteiger partial charge in [-0.2, -0.15) is 0 Å². The van der Waals surface area contributed by atoms with E-state index < -0.39 is 26.7 Å². The van der Waals surface area contributed by atoms with Crippen molar-refractivity contribution in [3.63, 3.8) is 0 Å². The SMILES string of the molecule is NS(=O)(=O)c1cc(C(=O)OCC2CCCO2)ccc1F. The van der Waals surface area contributed by atoms with E-state index in [0.717, 1.165) is 31.0 Å². The molecule has 20 heavy (non-hydrogen) atoms. The Morgan fingerprint density at radius 3 is 2.85 bits per heavy atom. The molecule has 1 aliphatic rings. The standard InChI is InChI=1S/C12H14FNO5S/c13-10-4-3-8(6-11(10)20(14,16)17)12(15)19-7-9-2-1-5-18-9/h3-4,6,9H,1-2,5,7H2,(H2,14,16,17). The third kappa shape index (κ3) is 3.53. The second-order valence-electron chi connectivity index (χ2n) is 4.42. The Kier molecular flexibility index (Phi) is 4.36. The Bertz CT molecular complexity index is 610. The molecule has 0 aromatic heterocycles. The lowest BCUT2D eigenvalue weighted by Crippen LogP contribution is -2.19. The first kappa shape index (κ1) is 14.9. The van der Waals surface area contributed by atoms with Gasteiger partial charge >= 0.3 is 5.97 Å². The zero-order valence-corrected chi connectivity index (χ0v) is 11.4. The van der Waals surface area contributed by atoms with Crippen LogP contribution in [0.25, 0.3) is 0 Å². The average Bonchev–Trinajstić information content (AvgIpc) is 2.88. The number of ether oxygens (including phenoxy) is 2. The highest BCUT2D eigenvalue weighted by molar-refractivity contribution is 7.89. The molecule has 1 aliphatic heterocycles. The first-order chi connectivity index (χ1) is 9.38. The van der Waals surface area contributed by atoms with E-state index in [2.05, 4.69) is 0 Å². The maximum atomic E-state index is 13.3. The quantitative estimate of drug-likeness (QED) is 0.830. The molecular formula is C12H14FNO5S. The van der Waals surface area contributed by atoms with Crippen molar-refractivity contribution in [2.45, 2.75) is 23.8 Å². The lowest BCUT2D eigenvalue weighted by atomic mass is 10.2. The van der Waals surface area contributed by atoms with Crippen LogP contribution in [0, 0.1) is 5.82 Å². The molecule has 0 saturated carbocycles. The number of hydrogen-bond acceptors (Lipinski definition) is 5. The second-order valence-corrected chi connectivity index (χ2v) is 5.95. The lowest BCUT2D eigenvalue weighted by molar-refractivity contribution is 0.0161. The number of hydrogen-bond donors (Lipinski definition) is 1. The molecule has 1 unspecified atom stereocenters. The third-order valence-corrected chi connectivity index (χ3v) is 3.82. The maximum absolute atomic E-state index is 13.3. The van der Waals surface area contributed by atoms with Gasteiger partial charge in [0.15, 0.2) is 0 Å². The molecular weight excluding hydrogens is 289 g/mol. The molecule has 1 atom stereocenters. The number of rotatable bonds is 4. The van der Waals surface area contributed by atoms with Crippen LogP contribution in [0.3, 0.4) is 0 Å². The Morgan fingerprint density at radius 1 is 1.50 bits per heavy atom. The van der Waals surface area contributed by atoms with Crippen LogP contribution >= 0.6 is 0 Å². The monoisotopic (exact) mass is 303 g/mol.